The second-order valence-electron chi connectivity index (χ2n) is 13.0. The van der Waals surface area contributed by atoms with Crippen LogP contribution in [0, 0.1) is 0 Å². The lowest BCUT2D eigenvalue weighted by Crippen LogP contribution is -2.63. The Labute approximate surface area is 284 Å². The van der Waals surface area contributed by atoms with E-state index in [1.165, 1.54) is 77.0 Å². The molecule has 284 valence electrons. The zero-order valence-electron chi connectivity index (χ0n) is 28.3. The van der Waals surface area contributed by atoms with E-state index in [0.29, 0.717) is 6.42 Å². The number of ether oxygens (including phenoxy) is 4. The Bertz CT molecular complexity index is 983. The molecule has 2 fully saturated rings. The highest BCUT2D eigenvalue weighted by molar-refractivity contribution is 7.80. The van der Waals surface area contributed by atoms with E-state index in [9.17, 15) is 48.4 Å². The minimum absolute atomic E-state index is 0.0686. The standard InChI is InChI=1S/C32H60O15S/c1-2-3-4-5-6-7-8-9-10-11-12-13-14-15-16-17-18-19-25(35)45-30-27(37)24(21-34)46-32(30,22-43-48(40,41)42)47-31-29(39)28(38)26(36)23(20-33)44-31/h23-24,26-31,33-34,36-39H,2-22H2,1H3,(H,40,41,42)/t23-,24-,26-,27-,28+,29-,30+,31-,32+/m1/s1. The van der Waals surface area contributed by atoms with Crippen LogP contribution in [0.5, 0.6) is 0 Å². The van der Waals surface area contributed by atoms with E-state index in [-0.39, 0.29) is 6.42 Å². The van der Waals surface area contributed by atoms with Crippen LogP contribution in [0.4, 0.5) is 0 Å². The largest absolute Gasteiger partial charge is 0.454 e. The molecule has 0 bridgehead atoms. The summed E-state index contributed by atoms with van der Waals surface area (Å²) >= 11 is 0. The zero-order chi connectivity index (χ0) is 35.6. The highest BCUT2D eigenvalue weighted by Gasteiger charge is 2.61. The maximum atomic E-state index is 12.8. The van der Waals surface area contributed by atoms with E-state index in [2.05, 4.69) is 11.1 Å². The van der Waals surface area contributed by atoms with E-state index < -0.39 is 91.0 Å². The van der Waals surface area contributed by atoms with Gasteiger partial charge in [0.15, 0.2) is 12.4 Å². The summed E-state index contributed by atoms with van der Waals surface area (Å²) in [5.74, 6) is -3.41. The molecule has 0 aromatic heterocycles. The minimum Gasteiger partial charge on any atom is -0.454 e. The summed E-state index contributed by atoms with van der Waals surface area (Å²) in [5.41, 5.74) is 0. The molecule has 0 saturated carbocycles. The van der Waals surface area contributed by atoms with E-state index in [4.69, 9.17) is 18.9 Å². The van der Waals surface area contributed by atoms with Gasteiger partial charge < -0.3 is 49.6 Å². The van der Waals surface area contributed by atoms with Gasteiger partial charge in [0.1, 0.15) is 43.2 Å². The first-order chi connectivity index (χ1) is 22.9. The molecule has 16 heteroatoms. The number of hydrogen-bond acceptors (Lipinski definition) is 14. The summed E-state index contributed by atoms with van der Waals surface area (Å²) in [6.45, 7) is -0.677. The van der Waals surface area contributed by atoms with Crippen LogP contribution < -0.4 is 0 Å². The van der Waals surface area contributed by atoms with Crippen LogP contribution in [0.15, 0.2) is 0 Å². The maximum Gasteiger partial charge on any atom is 0.397 e. The Balaban J connectivity index is 1.82. The third kappa shape index (κ3) is 14.7. The number of carbonyl (C=O) groups is 1. The molecule has 0 aromatic rings. The van der Waals surface area contributed by atoms with Gasteiger partial charge in [-0.25, -0.2) is 4.18 Å². The summed E-state index contributed by atoms with van der Waals surface area (Å²) in [6.07, 6.45) is 5.63. The van der Waals surface area contributed by atoms with Crippen LogP contribution in [0.2, 0.25) is 0 Å². The normalized spacial score (nSPS) is 30.9. The molecule has 2 rings (SSSR count). The van der Waals surface area contributed by atoms with Gasteiger partial charge in [-0.1, -0.05) is 110 Å². The molecule has 2 aliphatic rings. The molecule has 9 atom stereocenters. The van der Waals surface area contributed by atoms with Gasteiger partial charge in [0.05, 0.1) is 13.2 Å². The summed E-state index contributed by atoms with van der Waals surface area (Å²) < 4.78 is 58.5. The molecule has 7 N–H and O–H groups in total. The third-order valence-corrected chi connectivity index (χ3v) is 9.39. The van der Waals surface area contributed by atoms with Crippen molar-refractivity contribution >= 4 is 16.4 Å². The monoisotopic (exact) mass is 716 g/mol. The van der Waals surface area contributed by atoms with Crippen LogP contribution in [0.3, 0.4) is 0 Å². The van der Waals surface area contributed by atoms with Crippen molar-refractivity contribution in [1.29, 1.82) is 0 Å². The Morgan fingerprint density at radius 2 is 1.17 bits per heavy atom. The molecular formula is C32H60O15S. The van der Waals surface area contributed by atoms with Crippen molar-refractivity contribution in [2.45, 2.75) is 177 Å². The molecule has 0 amide bonds. The molecule has 2 saturated heterocycles. The number of unbranched alkanes of at least 4 members (excludes halogenated alkanes) is 16. The van der Waals surface area contributed by atoms with Gasteiger partial charge in [-0.3, -0.25) is 9.35 Å². The predicted molar refractivity (Wildman–Crippen MR) is 172 cm³/mol. The van der Waals surface area contributed by atoms with Gasteiger partial charge in [-0.05, 0) is 6.42 Å². The van der Waals surface area contributed by atoms with Gasteiger partial charge in [0.25, 0.3) is 0 Å². The van der Waals surface area contributed by atoms with Crippen molar-refractivity contribution in [2.24, 2.45) is 0 Å². The summed E-state index contributed by atoms with van der Waals surface area (Å²) in [7, 11) is -5.15. The number of aliphatic hydroxyl groups excluding tert-OH is 6. The molecule has 0 radical (unpaired) electrons. The molecule has 2 heterocycles. The van der Waals surface area contributed by atoms with Crippen LogP contribution in [-0.2, 0) is 38.3 Å². The molecule has 0 spiro atoms. The highest BCUT2D eigenvalue weighted by Crippen LogP contribution is 2.39. The topological polar surface area (TPSA) is 239 Å². The van der Waals surface area contributed by atoms with Crippen LogP contribution in [0.25, 0.3) is 0 Å². The number of rotatable bonds is 26. The average Bonchev–Trinajstić information content (AvgIpc) is 3.31. The lowest BCUT2D eigenvalue weighted by molar-refractivity contribution is -0.382. The number of hydrogen-bond donors (Lipinski definition) is 7. The van der Waals surface area contributed by atoms with Gasteiger partial charge in [-0.15, -0.1) is 0 Å². The van der Waals surface area contributed by atoms with Gasteiger partial charge in [0, 0.05) is 6.42 Å². The second-order valence-corrected chi connectivity index (χ2v) is 14.1. The fraction of sp³-hybridized carbons (Fsp3) is 0.969. The van der Waals surface area contributed by atoms with Crippen LogP contribution in [0.1, 0.15) is 122 Å². The maximum absolute atomic E-state index is 12.8. The van der Waals surface area contributed by atoms with Gasteiger partial charge in [0.2, 0.25) is 5.79 Å². The summed E-state index contributed by atoms with van der Waals surface area (Å²) in [5, 5.41) is 60.8. The van der Waals surface area contributed by atoms with Crippen molar-refractivity contribution in [3.05, 3.63) is 0 Å². The van der Waals surface area contributed by atoms with E-state index in [1.807, 2.05) is 0 Å². The van der Waals surface area contributed by atoms with Crippen molar-refractivity contribution in [2.75, 3.05) is 19.8 Å². The lowest BCUT2D eigenvalue weighted by Gasteiger charge is -2.43. The SMILES string of the molecule is CCCCCCCCCCCCCCCCCCCC(=O)O[C@H]1[C@H](O)[C@@H](CO)O[C@@]1(COS(=O)(=O)O)O[C@H]1O[C@H](CO)[C@@H](O)[C@H](O)[C@H]1O. The van der Waals surface area contributed by atoms with Crippen LogP contribution >= 0.6 is 0 Å². The van der Waals surface area contributed by atoms with E-state index >= 15 is 0 Å². The smallest absolute Gasteiger partial charge is 0.397 e. The Kier molecular flexibility index (Phi) is 20.4. The molecule has 0 unspecified atom stereocenters. The number of esters is 1. The molecule has 15 nitrogen and oxygen atoms in total. The average molecular weight is 717 g/mol. The Morgan fingerprint density at radius 3 is 1.62 bits per heavy atom. The fourth-order valence-corrected chi connectivity index (χ4v) is 6.42. The molecule has 0 aromatic carbocycles. The van der Waals surface area contributed by atoms with Crippen molar-refractivity contribution in [3.63, 3.8) is 0 Å². The quantitative estimate of drug-likeness (QED) is 0.0385. The predicted octanol–water partition coefficient (Wildman–Crippen LogP) is 2.02. The Morgan fingerprint density at radius 1 is 0.688 bits per heavy atom. The summed E-state index contributed by atoms with van der Waals surface area (Å²) in [6, 6.07) is 0. The molecular weight excluding hydrogens is 656 g/mol. The second kappa shape index (κ2) is 22.7. The first kappa shape index (κ1) is 43.1. The fourth-order valence-electron chi connectivity index (χ4n) is 6.11. The van der Waals surface area contributed by atoms with E-state index in [1.54, 1.807) is 0 Å². The first-order valence-corrected chi connectivity index (χ1v) is 19.0. The van der Waals surface area contributed by atoms with Crippen molar-refractivity contribution < 1.29 is 71.5 Å². The molecule has 2 aliphatic heterocycles. The van der Waals surface area contributed by atoms with Gasteiger partial charge in [-0.2, -0.15) is 8.42 Å². The number of aliphatic hydroxyl groups is 6. The lowest BCUT2D eigenvalue weighted by atomic mass is 9.99. The third-order valence-electron chi connectivity index (χ3n) is 8.97. The zero-order valence-corrected chi connectivity index (χ0v) is 29.1. The molecule has 0 aliphatic carbocycles. The van der Waals surface area contributed by atoms with Crippen molar-refractivity contribution in [3.8, 4) is 0 Å². The van der Waals surface area contributed by atoms with Crippen molar-refractivity contribution in [1.82, 2.24) is 0 Å². The van der Waals surface area contributed by atoms with E-state index in [0.717, 1.165) is 25.7 Å². The minimum atomic E-state index is -5.15. The molecule has 48 heavy (non-hydrogen) atoms. The van der Waals surface area contributed by atoms with Gasteiger partial charge >= 0.3 is 16.4 Å². The first-order valence-electron chi connectivity index (χ1n) is 17.7. The summed E-state index contributed by atoms with van der Waals surface area (Å²) in [4.78, 5) is 12.8. The number of carbonyl (C=O) groups excluding carboxylic acids is 1. The van der Waals surface area contributed by atoms with Crippen LogP contribution in [-0.4, -0.2) is 124 Å². The highest BCUT2D eigenvalue weighted by atomic mass is 32.3. The Hall–Kier alpha value is -1.02.